The van der Waals surface area contributed by atoms with E-state index in [4.69, 9.17) is 61.6 Å². The average Bonchev–Trinajstić information content (AvgIpc) is 3.69. The van der Waals surface area contributed by atoms with E-state index in [1.165, 1.54) is 0 Å². The fourth-order valence-electron chi connectivity index (χ4n) is 9.30. The van der Waals surface area contributed by atoms with Crippen molar-refractivity contribution in [1.82, 2.24) is 10.2 Å². The van der Waals surface area contributed by atoms with Crippen molar-refractivity contribution in [2.45, 2.75) is 148 Å². The van der Waals surface area contributed by atoms with Gasteiger partial charge in [0, 0.05) is 74.4 Å². The molecule has 2 fully saturated rings. The molecule has 26 heteroatoms. The summed E-state index contributed by atoms with van der Waals surface area (Å²) < 4.78 is 73.4. The third kappa shape index (κ3) is 19.0. The number of alkyl carbamates (subject to hydrolysis) is 1. The van der Waals surface area contributed by atoms with E-state index in [9.17, 15) is 53.1 Å². The molecule has 1 amide bonds. The first-order valence-electron chi connectivity index (χ1n) is 25.4. The van der Waals surface area contributed by atoms with Gasteiger partial charge in [-0.05, 0) is 48.1 Å². The largest absolute Gasteiger partial charge is 0.480 e. The smallest absolute Gasteiger partial charge is 0.407 e. The molecule has 2 aromatic rings. The Morgan fingerprint density at radius 2 is 0.886 bits per heavy atom. The van der Waals surface area contributed by atoms with E-state index < -0.39 is 140 Å². The van der Waals surface area contributed by atoms with Gasteiger partial charge in [0.2, 0.25) is 0 Å². The summed E-state index contributed by atoms with van der Waals surface area (Å²) in [6.07, 6.45) is -15.1. The molecule has 0 bridgehead atoms. The Labute approximate surface area is 455 Å². The number of rotatable bonds is 27. The van der Waals surface area contributed by atoms with E-state index in [0.29, 0.717) is 6.42 Å². The van der Waals surface area contributed by atoms with Crippen LogP contribution in [0.1, 0.15) is 91.7 Å². The van der Waals surface area contributed by atoms with Crippen LogP contribution in [0.5, 0.6) is 0 Å². The maximum absolute atomic E-state index is 13.1. The van der Waals surface area contributed by atoms with Crippen molar-refractivity contribution in [3.63, 3.8) is 0 Å². The first-order chi connectivity index (χ1) is 37.5. The lowest BCUT2D eigenvalue weighted by atomic mass is 9.98. The lowest BCUT2D eigenvalue weighted by Crippen LogP contribution is -2.63. The molecule has 0 saturated carbocycles. The molecule has 2 N–H and O–H groups in total. The van der Waals surface area contributed by atoms with Gasteiger partial charge in [0.15, 0.2) is 49.2 Å². The molecule has 0 radical (unpaired) electrons. The van der Waals surface area contributed by atoms with Crippen LogP contribution < -0.4 is 5.32 Å². The van der Waals surface area contributed by atoms with Gasteiger partial charge in [-0.15, -0.1) is 0 Å². The number of amides is 1. The minimum Gasteiger partial charge on any atom is -0.480 e. The highest BCUT2D eigenvalue weighted by Crippen LogP contribution is 2.44. The lowest BCUT2D eigenvalue weighted by Gasteiger charge is -2.44. The van der Waals surface area contributed by atoms with Crippen molar-refractivity contribution in [1.29, 1.82) is 0 Å². The van der Waals surface area contributed by atoms with Crippen LogP contribution in [-0.4, -0.2) is 190 Å². The Morgan fingerprint density at radius 1 is 0.494 bits per heavy atom. The number of hydrogen-bond acceptors (Lipinski definition) is 24. The van der Waals surface area contributed by atoms with Crippen molar-refractivity contribution in [2.24, 2.45) is 0 Å². The molecule has 2 aliphatic heterocycles. The molecular formula is C53H68N2O24. The van der Waals surface area contributed by atoms with Gasteiger partial charge < -0.3 is 72.0 Å². The number of unbranched alkanes of at least 4 members (excludes halogenated alkanes) is 1. The Kier molecular flexibility index (Phi) is 23.9. The highest BCUT2D eigenvalue weighted by molar-refractivity contribution is 5.81. The number of carboxylic acid groups (broad SMARTS) is 1. The molecule has 0 spiro atoms. The Morgan fingerprint density at radius 3 is 1.28 bits per heavy atom. The number of carboxylic acids is 1. The van der Waals surface area contributed by atoms with Crippen LogP contribution in [0.2, 0.25) is 0 Å². The first kappa shape index (κ1) is 62.6. The monoisotopic (exact) mass is 1120 g/mol. The molecular weight excluding hydrogens is 1050 g/mol. The van der Waals surface area contributed by atoms with E-state index in [-0.39, 0.29) is 58.2 Å². The number of carbonyl (C=O) groups is 10. The number of nitrogens with zero attached hydrogens (tertiary/aromatic N) is 1. The number of esters is 8. The molecule has 0 unspecified atom stereocenters. The van der Waals surface area contributed by atoms with Gasteiger partial charge in [-0.1, -0.05) is 48.5 Å². The minimum atomic E-state index is -1.53. The molecule has 2 aromatic carbocycles. The van der Waals surface area contributed by atoms with Crippen LogP contribution in [0, 0.1) is 0 Å². The van der Waals surface area contributed by atoms with E-state index >= 15 is 0 Å². The number of ether oxygens (including phenoxy) is 13. The van der Waals surface area contributed by atoms with Crippen molar-refractivity contribution in [2.75, 3.05) is 52.7 Å². The zero-order valence-corrected chi connectivity index (χ0v) is 45.1. The zero-order valence-electron chi connectivity index (χ0n) is 45.1. The van der Waals surface area contributed by atoms with Gasteiger partial charge in [0.05, 0.1) is 13.2 Å². The fraction of sp³-hybridized carbons (Fsp3) is 0.585. The summed E-state index contributed by atoms with van der Waals surface area (Å²) in [6, 6.07) is 14.2. The topological polar surface area (TPSA) is 326 Å². The van der Waals surface area contributed by atoms with Crippen LogP contribution in [0.3, 0.4) is 0 Å². The summed E-state index contributed by atoms with van der Waals surface area (Å²) in [5, 5.41) is 12.6. The summed E-state index contributed by atoms with van der Waals surface area (Å²) in [4.78, 5) is 125. The van der Waals surface area contributed by atoms with E-state index in [0.717, 1.165) is 77.6 Å². The van der Waals surface area contributed by atoms with Gasteiger partial charge in [0.25, 0.3) is 0 Å². The summed E-state index contributed by atoms with van der Waals surface area (Å²) in [5.41, 5.74) is 3.98. The summed E-state index contributed by atoms with van der Waals surface area (Å²) in [6.45, 7) is 7.37. The Balaban J connectivity index is 1.33. The number of benzene rings is 2. The van der Waals surface area contributed by atoms with Gasteiger partial charge in [-0.25, -0.2) is 9.59 Å². The normalized spacial score (nSPS) is 23.6. The summed E-state index contributed by atoms with van der Waals surface area (Å²) in [7, 11) is 0. The third-order valence-electron chi connectivity index (χ3n) is 12.4. The molecule has 26 nitrogen and oxygen atoms in total. The molecule has 79 heavy (non-hydrogen) atoms. The predicted octanol–water partition coefficient (Wildman–Crippen LogP) is 2.65. The third-order valence-corrected chi connectivity index (χ3v) is 12.4. The van der Waals surface area contributed by atoms with Crippen molar-refractivity contribution >= 4 is 59.8 Å². The average molecular weight is 1120 g/mol. The highest BCUT2D eigenvalue weighted by atomic mass is 16.7. The van der Waals surface area contributed by atoms with Crippen LogP contribution in [-0.2, 0) is 105 Å². The molecule has 3 aliphatic rings. The second-order valence-electron chi connectivity index (χ2n) is 18.6. The first-order valence-corrected chi connectivity index (χ1v) is 25.4. The van der Waals surface area contributed by atoms with Crippen LogP contribution in [0.15, 0.2) is 48.5 Å². The van der Waals surface area contributed by atoms with E-state index in [1.54, 1.807) is 4.90 Å². The van der Waals surface area contributed by atoms with Crippen LogP contribution in [0.4, 0.5) is 4.79 Å². The molecule has 5 rings (SSSR count). The summed E-state index contributed by atoms with van der Waals surface area (Å²) in [5.74, 6) is -8.09. The Hall–Kier alpha value is -7.26. The van der Waals surface area contributed by atoms with Crippen molar-refractivity contribution in [3.05, 3.63) is 59.7 Å². The lowest BCUT2D eigenvalue weighted by molar-refractivity contribution is -0.310. The van der Waals surface area contributed by atoms with Gasteiger partial charge >= 0.3 is 59.8 Å². The SMILES string of the molecule is CC(=O)OC[C@H]1O[C@H](OCCN(CCCC[C@H](NC(=O)OCC2c3ccccc3-c3ccccc32)C(=O)O)CCO[C@H]2O[C@H](COC(C)=O)[C@@H](OC(C)=O)[C@H](OC(C)=O)[C@@H]2OC(C)=O)[C@@H](OC(C)=O)[C@@H](OC(C)=O)[C@@H]1OC(C)=O. The van der Waals surface area contributed by atoms with Crippen LogP contribution >= 0.6 is 0 Å². The fourth-order valence-corrected chi connectivity index (χ4v) is 9.30. The molecule has 2 saturated heterocycles. The zero-order chi connectivity index (χ0) is 57.9. The maximum atomic E-state index is 13.1. The highest BCUT2D eigenvalue weighted by Gasteiger charge is 2.54. The van der Waals surface area contributed by atoms with E-state index in [1.807, 2.05) is 48.5 Å². The molecule has 2 heterocycles. The number of carbonyl (C=O) groups excluding carboxylic acids is 9. The van der Waals surface area contributed by atoms with Crippen LogP contribution in [0.25, 0.3) is 11.1 Å². The standard InChI is InChI=1S/C53H68N2O24/c1-28(56)69-26-42-44(72-30(3)58)46(74-32(5)60)48(76-34(7)62)51(78-42)67-23-21-55(22-24-68-52-49(77-35(8)63)47(75-33(6)61)45(73-31(4)59)43(79-52)27-70-29(2)57)20-14-13-19-41(50(64)65)54-53(66)71-25-40-38-17-11-9-15-36(38)37-16-10-12-18-39(37)40/h9-12,15-18,40-49,51-52H,13-14,19-27H2,1-8H3,(H,54,66)(H,64,65)/t41-,42+,43+,44+,45+,46-,47-,48-,49-,51-,52-/m0/s1. The number of nitrogens with one attached hydrogen (secondary N) is 1. The van der Waals surface area contributed by atoms with Gasteiger partial charge in [0.1, 0.15) is 38.1 Å². The maximum Gasteiger partial charge on any atom is 0.407 e. The minimum absolute atomic E-state index is 0.00909. The van der Waals surface area contributed by atoms with Gasteiger partial charge in [-0.3, -0.25) is 43.3 Å². The van der Waals surface area contributed by atoms with Gasteiger partial charge in [-0.2, -0.15) is 0 Å². The second-order valence-corrected chi connectivity index (χ2v) is 18.6. The number of aliphatic carboxylic acids is 1. The number of fused-ring (bicyclic) bond motifs is 3. The molecule has 11 atom stereocenters. The summed E-state index contributed by atoms with van der Waals surface area (Å²) >= 11 is 0. The van der Waals surface area contributed by atoms with Crippen molar-refractivity contribution < 1.29 is 115 Å². The molecule has 434 valence electrons. The van der Waals surface area contributed by atoms with Crippen molar-refractivity contribution in [3.8, 4) is 11.1 Å². The van der Waals surface area contributed by atoms with E-state index in [2.05, 4.69) is 5.32 Å². The quantitative estimate of drug-likeness (QED) is 0.0738. The molecule has 0 aromatic heterocycles. The predicted molar refractivity (Wildman–Crippen MR) is 266 cm³/mol. The Bertz CT molecular complexity index is 2340. The molecule has 1 aliphatic carbocycles. The second kappa shape index (κ2) is 30.2. The number of hydrogen-bond donors (Lipinski definition) is 2.